The maximum absolute atomic E-state index is 10.8. The molecule has 0 aliphatic carbocycles. The Bertz CT molecular complexity index is 372. The molecule has 0 aliphatic heterocycles. The molecule has 3 nitrogen and oxygen atoms in total. The van der Waals surface area contributed by atoms with Gasteiger partial charge in [0, 0.05) is 17.0 Å². The van der Waals surface area contributed by atoms with Crippen molar-refractivity contribution in [2.75, 3.05) is 0 Å². The van der Waals surface area contributed by atoms with E-state index in [2.05, 4.69) is 6.58 Å². The van der Waals surface area contributed by atoms with E-state index in [9.17, 15) is 10.1 Å². The molecule has 0 bridgehead atoms. The fourth-order valence-electron chi connectivity index (χ4n) is 1.33. The van der Waals surface area contributed by atoms with Crippen molar-refractivity contribution in [2.45, 2.75) is 13.8 Å². The number of benzene rings is 1. The molecule has 0 saturated carbocycles. The Hall–Kier alpha value is -1.64. The molecule has 1 radical (unpaired) electrons. The Morgan fingerprint density at radius 1 is 1.57 bits per heavy atom. The molecule has 0 heterocycles. The van der Waals surface area contributed by atoms with E-state index < -0.39 is 0 Å². The van der Waals surface area contributed by atoms with Gasteiger partial charge in [-0.05, 0) is 6.92 Å². The lowest BCUT2D eigenvalue weighted by Crippen LogP contribution is -2.00. The maximum atomic E-state index is 10.8. The molecule has 0 aromatic heterocycles. The Balaban J connectivity index is 3.35. The van der Waals surface area contributed by atoms with Crippen LogP contribution in [0.2, 0.25) is 0 Å². The van der Waals surface area contributed by atoms with Gasteiger partial charge < -0.3 is 0 Å². The summed E-state index contributed by atoms with van der Waals surface area (Å²) in [5, 5.41) is 10.8. The number of hydrogen-bond acceptors (Lipinski definition) is 2. The summed E-state index contributed by atoms with van der Waals surface area (Å²) in [5.41, 5.74) is 1.49. The summed E-state index contributed by atoms with van der Waals surface area (Å²) in [6.45, 7) is 7.16. The minimum atomic E-state index is -0.350. The van der Waals surface area contributed by atoms with Gasteiger partial charge in [-0.3, -0.25) is 10.1 Å². The van der Waals surface area contributed by atoms with Gasteiger partial charge in [0.1, 0.15) is 0 Å². The molecule has 0 saturated heterocycles. The topological polar surface area (TPSA) is 43.1 Å². The third-order valence-electron chi connectivity index (χ3n) is 2.15. The number of rotatable bonds is 3. The van der Waals surface area contributed by atoms with Gasteiger partial charge in [0.05, 0.1) is 4.92 Å². The van der Waals surface area contributed by atoms with Crippen molar-refractivity contribution in [1.29, 1.82) is 0 Å². The van der Waals surface area contributed by atoms with Crippen molar-refractivity contribution in [1.82, 2.24) is 0 Å². The second kappa shape index (κ2) is 4.05. The van der Waals surface area contributed by atoms with Crippen LogP contribution >= 0.6 is 0 Å². The average molecular weight is 190 g/mol. The average Bonchev–Trinajstić information content (AvgIpc) is 2.15. The van der Waals surface area contributed by atoms with Gasteiger partial charge in [0.2, 0.25) is 0 Å². The summed E-state index contributed by atoms with van der Waals surface area (Å²) >= 11 is 0. The lowest BCUT2D eigenvalue weighted by molar-refractivity contribution is -0.386. The van der Waals surface area contributed by atoms with E-state index in [1.165, 1.54) is 0 Å². The molecule has 1 rings (SSSR count). The summed E-state index contributed by atoms with van der Waals surface area (Å²) in [6.07, 6.45) is 1.63. The smallest absolute Gasteiger partial charge is 0.258 e. The molecular formula is C11H12NO2. The zero-order valence-corrected chi connectivity index (χ0v) is 8.28. The molecule has 14 heavy (non-hydrogen) atoms. The van der Waals surface area contributed by atoms with Gasteiger partial charge >= 0.3 is 0 Å². The van der Waals surface area contributed by atoms with Crippen LogP contribution in [0.3, 0.4) is 0 Å². The van der Waals surface area contributed by atoms with E-state index in [0.717, 1.165) is 5.92 Å². The number of nitrogens with zero attached hydrogens (tertiary/aromatic N) is 1. The van der Waals surface area contributed by atoms with Crippen molar-refractivity contribution in [3.63, 3.8) is 0 Å². The first-order valence-electron chi connectivity index (χ1n) is 4.28. The van der Waals surface area contributed by atoms with Gasteiger partial charge in [-0.15, -0.1) is 6.58 Å². The highest BCUT2D eigenvalue weighted by atomic mass is 16.6. The zero-order chi connectivity index (χ0) is 10.7. The van der Waals surface area contributed by atoms with Crippen LogP contribution in [0.1, 0.15) is 18.1 Å². The number of nitro benzene ring substituents is 1. The number of hydrogen-bond donors (Lipinski definition) is 0. The van der Waals surface area contributed by atoms with Crippen molar-refractivity contribution < 1.29 is 4.92 Å². The molecule has 0 fully saturated rings. The fourth-order valence-corrected chi connectivity index (χ4v) is 1.33. The molecule has 1 aromatic rings. The summed E-state index contributed by atoms with van der Waals surface area (Å²) < 4.78 is 0. The Kier molecular flexibility index (Phi) is 3.02. The van der Waals surface area contributed by atoms with Crippen LogP contribution in [0.4, 0.5) is 5.69 Å². The number of para-hydroxylation sites is 1. The van der Waals surface area contributed by atoms with Gasteiger partial charge in [-0.25, -0.2) is 0 Å². The van der Waals surface area contributed by atoms with E-state index in [-0.39, 0.29) is 10.6 Å². The molecular weight excluding hydrogens is 178 g/mol. The minimum absolute atomic E-state index is 0.171. The van der Waals surface area contributed by atoms with Gasteiger partial charge in [-0.2, -0.15) is 0 Å². The fraction of sp³-hybridized carbons (Fsp3) is 0.182. The minimum Gasteiger partial charge on any atom is -0.258 e. The molecule has 0 unspecified atom stereocenters. The largest absolute Gasteiger partial charge is 0.276 e. The second-order valence-corrected chi connectivity index (χ2v) is 3.12. The van der Waals surface area contributed by atoms with E-state index in [1.807, 2.05) is 13.0 Å². The first-order valence-corrected chi connectivity index (χ1v) is 4.28. The third kappa shape index (κ3) is 1.82. The zero-order valence-electron chi connectivity index (χ0n) is 8.28. The van der Waals surface area contributed by atoms with Crippen molar-refractivity contribution in [3.8, 4) is 0 Å². The van der Waals surface area contributed by atoms with Crippen LogP contribution in [0.25, 0.3) is 0 Å². The quantitative estimate of drug-likeness (QED) is 0.543. The second-order valence-electron chi connectivity index (χ2n) is 3.12. The van der Waals surface area contributed by atoms with Crippen LogP contribution in [-0.2, 0) is 0 Å². The molecule has 3 heteroatoms. The first-order chi connectivity index (χ1) is 6.57. The molecule has 0 N–H and O–H groups in total. The number of aryl methyl sites for hydroxylation is 1. The number of allylic oxidation sites excluding steroid dienone is 1. The summed E-state index contributed by atoms with van der Waals surface area (Å²) in [6, 6.07) is 5.28. The predicted octanol–water partition coefficient (Wildman–Crippen LogP) is 3.03. The van der Waals surface area contributed by atoms with E-state index in [0.29, 0.717) is 11.1 Å². The van der Waals surface area contributed by atoms with E-state index in [1.54, 1.807) is 25.1 Å². The van der Waals surface area contributed by atoms with Crippen molar-refractivity contribution >= 4 is 5.69 Å². The predicted molar refractivity (Wildman–Crippen MR) is 56.0 cm³/mol. The van der Waals surface area contributed by atoms with E-state index >= 15 is 0 Å². The highest BCUT2D eigenvalue weighted by Gasteiger charge is 2.19. The highest BCUT2D eigenvalue weighted by molar-refractivity contribution is 5.55. The lowest BCUT2D eigenvalue weighted by atomic mass is 9.97. The van der Waals surface area contributed by atoms with Crippen molar-refractivity contribution in [3.05, 3.63) is 58.0 Å². The van der Waals surface area contributed by atoms with Crippen LogP contribution in [0.5, 0.6) is 0 Å². The number of nitro groups is 1. The Labute approximate surface area is 83.2 Å². The van der Waals surface area contributed by atoms with E-state index in [4.69, 9.17) is 0 Å². The summed E-state index contributed by atoms with van der Waals surface area (Å²) in [4.78, 5) is 10.5. The normalized spacial score (nSPS) is 10.2. The Morgan fingerprint density at radius 2 is 2.21 bits per heavy atom. The van der Waals surface area contributed by atoms with Crippen LogP contribution < -0.4 is 0 Å². The van der Waals surface area contributed by atoms with Gasteiger partial charge in [-0.1, -0.05) is 31.2 Å². The van der Waals surface area contributed by atoms with Crippen LogP contribution in [0.15, 0.2) is 30.9 Å². The summed E-state index contributed by atoms with van der Waals surface area (Å²) in [7, 11) is 0. The highest BCUT2D eigenvalue weighted by Crippen LogP contribution is 2.29. The van der Waals surface area contributed by atoms with Crippen LogP contribution in [-0.4, -0.2) is 4.92 Å². The molecule has 73 valence electrons. The molecule has 1 aromatic carbocycles. The molecule has 0 amide bonds. The molecule has 0 spiro atoms. The van der Waals surface area contributed by atoms with Crippen LogP contribution in [0, 0.1) is 23.0 Å². The first kappa shape index (κ1) is 10.4. The monoisotopic (exact) mass is 190 g/mol. The SMILES string of the molecule is C=C[C](C)c1cccc(C)c1[N+](=O)[O-]. The standard InChI is InChI=1S/C11H12NO2/c1-4-8(2)10-7-5-6-9(3)11(10)12(13)14/h4-7H,1H2,2-3H3. The van der Waals surface area contributed by atoms with Crippen molar-refractivity contribution in [2.24, 2.45) is 0 Å². The van der Waals surface area contributed by atoms with Gasteiger partial charge in [0.25, 0.3) is 5.69 Å². The van der Waals surface area contributed by atoms with Gasteiger partial charge in [0.15, 0.2) is 0 Å². The third-order valence-corrected chi connectivity index (χ3v) is 2.15. The Morgan fingerprint density at radius 3 is 2.71 bits per heavy atom. The molecule has 0 atom stereocenters. The summed E-state index contributed by atoms with van der Waals surface area (Å²) in [5.74, 6) is 0.820. The lowest BCUT2D eigenvalue weighted by Gasteiger charge is -2.07. The maximum Gasteiger partial charge on any atom is 0.276 e. The molecule has 0 aliphatic rings.